The number of halogens is 1. The number of anilines is 1. The zero-order valence-electron chi connectivity index (χ0n) is 11.6. The quantitative estimate of drug-likeness (QED) is 0.832. The number of nitrogens with one attached hydrogen (secondary N) is 1. The molecule has 1 aliphatic rings. The summed E-state index contributed by atoms with van der Waals surface area (Å²) in [6.07, 6.45) is 1.59. The van der Waals surface area contributed by atoms with E-state index in [1.54, 1.807) is 0 Å². The van der Waals surface area contributed by atoms with Gasteiger partial charge in [-0.05, 0) is 51.6 Å². The molecule has 0 aromatic heterocycles. The third-order valence-electron chi connectivity index (χ3n) is 3.79. The van der Waals surface area contributed by atoms with Gasteiger partial charge in [-0.1, -0.05) is 11.6 Å². The molecule has 2 rings (SSSR count). The summed E-state index contributed by atoms with van der Waals surface area (Å²) in [5.74, 6) is 0. The SMILES string of the molecule is CC1CC(NS(=O)(=O)c2ccc(Cl)cc2N)CCN1C. The molecule has 1 heterocycles. The van der Waals surface area contributed by atoms with Gasteiger partial charge in [0.25, 0.3) is 0 Å². The minimum atomic E-state index is -3.60. The van der Waals surface area contributed by atoms with Gasteiger partial charge in [-0.3, -0.25) is 0 Å². The predicted octanol–water partition coefficient (Wildman–Crippen LogP) is 1.68. The van der Waals surface area contributed by atoms with E-state index in [-0.39, 0.29) is 16.6 Å². The van der Waals surface area contributed by atoms with Crippen molar-refractivity contribution >= 4 is 27.3 Å². The third-order valence-corrected chi connectivity index (χ3v) is 5.62. The first kappa shape index (κ1) is 15.6. The normalized spacial score (nSPS) is 24.8. The van der Waals surface area contributed by atoms with Crippen LogP contribution in [0.3, 0.4) is 0 Å². The van der Waals surface area contributed by atoms with Gasteiger partial charge in [-0.2, -0.15) is 0 Å². The molecule has 0 aliphatic carbocycles. The minimum Gasteiger partial charge on any atom is -0.398 e. The van der Waals surface area contributed by atoms with Gasteiger partial charge in [-0.25, -0.2) is 13.1 Å². The van der Waals surface area contributed by atoms with Crippen molar-refractivity contribution < 1.29 is 8.42 Å². The molecule has 1 aromatic carbocycles. The highest BCUT2D eigenvalue weighted by Crippen LogP contribution is 2.24. The second-order valence-electron chi connectivity index (χ2n) is 5.35. The summed E-state index contributed by atoms with van der Waals surface area (Å²) in [6, 6.07) is 4.73. The van der Waals surface area contributed by atoms with E-state index in [1.165, 1.54) is 18.2 Å². The number of benzene rings is 1. The van der Waals surface area contributed by atoms with E-state index in [1.807, 2.05) is 7.05 Å². The Morgan fingerprint density at radius 3 is 2.75 bits per heavy atom. The van der Waals surface area contributed by atoms with Crippen molar-refractivity contribution in [2.45, 2.75) is 36.7 Å². The molecule has 1 fully saturated rings. The van der Waals surface area contributed by atoms with Gasteiger partial charge in [0.1, 0.15) is 4.90 Å². The first-order valence-corrected chi connectivity index (χ1v) is 8.43. The van der Waals surface area contributed by atoms with E-state index in [2.05, 4.69) is 16.5 Å². The topological polar surface area (TPSA) is 75.4 Å². The zero-order valence-corrected chi connectivity index (χ0v) is 13.2. The Morgan fingerprint density at radius 1 is 1.45 bits per heavy atom. The molecule has 0 radical (unpaired) electrons. The maximum absolute atomic E-state index is 12.4. The van der Waals surface area contributed by atoms with Crippen LogP contribution in [0.2, 0.25) is 5.02 Å². The number of likely N-dealkylation sites (tertiary alicyclic amines) is 1. The Hall–Kier alpha value is -0.820. The fraction of sp³-hybridized carbons (Fsp3) is 0.538. The molecule has 112 valence electrons. The average molecular weight is 318 g/mol. The summed E-state index contributed by atoms with van der Waals surface area (Å²) in [7, 11) is -1.55. The Morgan fingerprint density at radius 2 is 2.15 bits per heavy atom. The lowest BCUT2D eigenvalue weighted by molar-refractivity contribution is 0.178. The molecule has 2 atom stereocenters. The number of hydrogen-bond donors (Lipinski definition) is 2. The predicted molar refractivity (Wildman–Crippen MR) is 81.3 cm³/mol. The van der Waals surface area contributed by atoms with Crippen molar-refractivity contribution in [3.63, 3.8) is 0 Å². The molecule has 1 saturated heterocycles. The monoisotopic (exact) mass is 317 g/mol. The Labute approximate surface area is 125 Å². The number of rotatable bonds is 3. The smallest absolute Gasteiger partial charge is 0.242 e. The molecule has 7 heteroatoms. The molecule has 1 aromatic rings. The van der Waals surface area contributed by atoms with Crippen molar-refractivity contribution in [2.24, 2.45) is 0 Å². The standard InChI is InChI=1S/C13H20ClN3O2S/c1-9-7-11(5-6-17(9)2)16-20(18,19)13-4-3-10(14)8-12(13)15/h3-4,8-9,11,16H,5-7,15H2,1-2H3. The van der Waals surface area contributed by atoms with E-state index in [9.17, 15) is 8.42 Å². The molecule has 2 unspecified atom stereocenters. The van der Waals surface area contributed by atoms with E-state index in [0.717, 1.165) is 19.4 Å². The lowest BCUT2D eigenvalue weighted by Crippen LogP contribution is -2.47. The fourth-order valence-corrected chi connectivity index (χ4v) is 4.02. The number of nitrogens with two attached hydrogens (primary N) is 1. The summed E-state index contributed by atoms with van der Waals surface area (Å²) in [6.45, 7) is 2.97. The van der Waals surface area contributed by atoms with Crippen LogP contribution in [0.4, 0.5) is 5.69 Å². The average Bonchev–Trinajstić information content (AvgIpc) is 2.33. The summed E-state index contributed by atoms with van der Waals surface area (Å²) in [5, 5.41) is 0.425. The zero-order chi connectivity index (χ0) is 14.9. The second-order valence-corrected chi connectivity index (χ2v) is 7.47. The maximum Gasteiger partial charge on any atom is 0.242 e. The highest BCUT2D eigenvalue weighted by atomic mass is 35.5. The number of piperidine rings is 1. The van der Waals surface area contributed by atoms with Crippen molar-refractivity contribution in [3.8, 4) is 0 Å². The van der Waals surface area contributed by atoms with Crippen LogP contribution in [0, 0.1) is 0 Å². The maximum atomic E-state index is 12.4. The van der Waals surface area contributed by atoms with Crippen LogP contribution in [0.1, 0.15) is 19.8 Å². The fourth-order valence-electron chi connectivity index (χ4n) is 2.44. The molecule has 1 aliphatic heterocycles. The van der Waals surface area contributed by atoms with Crippen LogP contribution in [-0.4, -0.2) is 39.0 Å². The number of nitrogens with zero attached hydrogens (tertiary/aromatic N) is 1. The van der Waals surface area contributed by atoms with Crippen molar-refractivity contribution in [1.82, 2.24) is 9.62 Å². The molecule has 3 N–H and O–H groups in total. The number of nitrogen functional groups attached to an aromatic ring is 1. The van der Waals surface area contributed by atoms with Crippen LogP contribution < -0.4 is 10.5 Å². The molecule has 5 nitrogen and oxygen atoms in total. The summed E-state index contributed by atoms with van der Waals surface area (Å²) in [4.78, 5) is 2.31. The van der Waals surface area contributed by atoms with Crippen molar-refractivity contribution in [2.75, 3.05) is 19.3 Å². The van der Waals surface area contributed by atoms with E-state index in [4.69, 9.17) is 17.3 Å². The van der Waals surface area contributed by atoms with E-state index < -0.39 is 10.0 Å². The van der Waals surface area contributed by atoms with Gasteiger partial charge in [-0.15, -0.1) is 0 Å². The van der Waals surface area contributed by atoms with Gasteiger partial charge in [0.2, 0.25) is 10.0 Å². The van der Waals surface area contributed by atoms with Crippen LogP contribution in [-0.2, 0) is 10.0 Å². The van der Waals surface area contributed by atoms with Gasteiger partial charge < -0.3 is 10.6 Å². The lowest BCUT2D eigenvalue weighted by Gasteiger charge is -2.35. The number of sulfonamides is 1. The van der Waals surface area contributed by atoms with Crippen molar-refractivity contribution in [3.05, 3.63) is 23.2 Å². The highest BCUT2D eigenvalue weighted by molar-refractivity contribution is 7.89. The first-order chi connectivity index (χ1) is 9.29. The van der Waals surface area contributed by atoms with Crippen LogP contribution in [0.15, 0.2) is 23.1 Å². The van der Waals surface area contributed by atoms with Gasteiger partial charge in [0, 0.05) is 17.1 Å². The lowest BCUT2D eigenvalue weighted by atomic mass is 10.0. The molecule has 0 spiro atoms. The summed E-state index contributed by atoms with van der Waals surface area (Å²) in [5.41, 5.74) is 5.92. The Balaban J connectivity index is 2.15. The molecule has 0 amide bonds. The van der Waals surface area contributed by atoms with Gasteiger partial charge in [0.15, 0.2) is 0 Å². The van der Waals surface area contributed by atoms with Crippen LogP contribution in [0.25, 0.3) is 0 Å². The Bertz CT molecular complexity index is 591. The van der Waals surface area contributed by atoms with Crippen LogP contribution in [0.5, 0.6) is 0 Å². The van der Waals surface area contributed by atoms with E-state index >= 15 is 0 Å². The minimum absolute atomic E-state index is 0.0544. The second kappa shape index (κ2) is 5.89. The molecule has 0 saturated carbocycles. The first-order valence-electron chi connectivity index (χ1n) is 6.57. The molecule has 20 heavy (non-hydrogen) atoms. The summed E-state index contributed by atoms with van der Waals surface area (Å²) >= 11 is 5.79. The van der Waals surface area contributed by atoms with E-state index in [0.29, 0.717) is 11.1 Å². The third kappa shape index (κ3) is 3.44. The molecule has 0 bridgehead atoms. The van der Waals surface area contributed by atoms with Crippen molar-refractivity contribution in [1.29, 1.82) is 0 Å². The largest absolute Gasteiger partial charge is 0.398 e. The van der Waals surface area contributed by atoms with Gasteiger partial charge in [0.05, 0.1) is 5.69 Å². The highest BCUT2D eigenvalue weighted by Gasteiger charge is 2.27. The van der Waals surface area contributed by atoms with Crippen LogP contribution >= 0.6 is 11.6 Å². The molecular formula is C13H20ClN3O2S. The Kier molecular flexibility index (Phi) is 4.59. The van der Waals surface area contributed by atoms with Gasteiger partial charge >= 0.3 is 0 Å². The summed E-state index contributed by atoms with van der Waals surface area (Å²) < 4.78 is 27.5. The molecular weight excluding hydrogens is 298 g/mol. The number of hydrogen-bond acceptors (Lipinski definition) is 4.